The fraction of sp³-hybridized carbons (Fsp3) is 0.650. The van der Waals surface area contributed by atoms with Gasteiger partial charge >= 0.3 is 11.9 Å². The molecule has 1 aromatic heterocycles. The third kappa shape index (κ3) is 12.9. The topological polar surface area (TPSA) is 156 Å². The van der Waals surface area contributed by atoms with Crippen LogP contribution >= 0.6 is 11.3 Å². The van der Waals surface area contributed by atoms with Crippen LogP contribution in [0, 0.1) is 17.8 Å². The second kappa shape index (κ2) is 21.9. The van der Waals surface area contributed by atoms with Crippen molar-refractivity contribution in [2.45, 2.75) is 117 Å². The van der Waals surface area contributed by atoms with Gasteiger partial charge in [-0.2, -0.15) is 0 Å². The van der Waals surface area contributed by atoms with Gasteiger partial charge in [0.2, 0.25) is 11.8 Å². The summed E-state index contributed by atoms with van der Waals surface area (Å²) in [5, 5.41) is 8.16. The number of rotatable bonds is 20. The molecular weight excluding hydrogens is 711 g/mol. The molecule has 1 aliphatic heterocycles. The van der Waals surface area contributed by atoms with Gasteiger partial charge in [-0.1, -0.05) is 77.8 Å². The van der Waals surface area contributed by atoms with Crippen LogP contribution in [0.1, 0.15) is 107 Å². The third-order valence-electron chi connectivity index (χ3n) is 10.3. The van der Waals surface area contributed by atoms with E-state index in [0.717, 1.165) is 31.4 Å². The van der Waals surface area contributed by atoms with Crippen molar-refractivity contribution in [3.63, 3.8) is 0 Å². The highest BCUT2D eigenvalue weighted by atomic mass is 32.1. The molecule has 2 N–H and O–H groups in total. The minimum absolute atomic E-state index is 0.0427. The molecular formula is C40H61N5O8S. The quantitative estimate of drug-likeness (QED) is 0.136. The van der Waals surface area contributed by atoms with E-state index in [1.807, 2.05) is 70.0 Å². The monoisotopic (exact) mass is 771 g/mol. The Kier molecular flexibility index (Phi) is 18.0. The molecule has 0 unspecified atom stereocenters. The van der Waals surface area contributed by atoms with Gasteiger partial charge in [-0.05, 0) is 56.7 Å². The van der Waals surface area contributed by atoms with Crippen LogP contribution in [0.5, 0.6) is 0 Å². The Labute approximate surface area is 324 Å². The Morgan fingerprint density at radius 3 is 2.31 bits per heavy atom. The van der Waals surface area contributed by atoms with Crippen molar-refractivity contribution in [3.8, 4) is 0 Å². The number of piperidine rings is 1. The number of likely N-dealkylation sites (tertiary alicyclic amines) is 1. The average molecular weight is 772 g/mol. The van der Waals surface area contributed by atoms with Gasteiger partial charge in [0.1, 0.15) is 23.5 Å². The molecule has 1 saturated heterocycles. The first-order chi connectivity index (χ1) is 25.7. The van der Waals surface area contributed by atoms with Crippen LogP contribution in [0.25, 0.3) is 0 Å². The molecule has 0 saturated carbocycles. The summed E-state index contributed by atoms with van der Waals surface area (Å²) in [7, 11) is 4.79. The molecule has 0 aliphatic carbocycles. The van der Waals surface area contributed by atoms with Gasteiger partial charge in [-0.25, -0.2) is 4.98 Å². The van der Waals surface area contributed by atoms with Crippen molar-refractivity contribution < 1.29 is 38.2 Å². The highest BCUT2D eigenvalue weighted by molar-refractivity contribution is 7.09. The number of likely N-dealkylation sites (N-methyl/N-ethyl adjacent to an activating group) is 1. The zero-order valence-corrected chi connectivity index (χ0v) is 34.3. The number of amides is 3. The van der Waals surface area contributed by atoms with Crippen molar-refractivity contribution in [2.75, 3.05) is 34.5 Å². The molecule has 0 spiro atoms. The van der Waals surface area contributed by atoms with E-state index in [2.05, 4.69) is 15.6 Å². The van der Waals surface area contributed by atoms with E-state index in [-0.39, 0.29) is 60.5 Å². The summed E-state index contributed by atoms with van der Waals surface area (Å²) in [6.45, 7) is 11.7. The predicted octanol–water partition coefficient (Wildman–Crippen LogP) is 5.15. The standard InChI is InChI=1S/C40H61N5O8S/c1-10-26(4)35(43-37(48)32-18-14-15-19-44(32)7)39(49)45(24-51-8)33(25(2)3)22-34(53-28(6)46)38-42-31(23-54-38)36(47)41-30(20-27(5)40(50)52-9)21-29-16-12-11-13-17-29/h11-13,16-17,23,25-27,30,32-35H,10,14-15,18-22,24H2,1-9H3,(H,41,47)(H,43,48)/t26-,27-,30+,32+,33+,34+,35-/m0/s1. The number of nitrogens with zero attached hydrogens (tertiary/aromatic N) is 3. The van der Waals surface area contributed by atoms with E-state index >= 15 is 0 Å². The first-order valence-corrected chi connectivity index (χ1v) is 19.9. The lowest BCUT2D eigenvalue weighted by molar-refractivity contribution is -0.152. The van der Waals surface area contributed by atoms with E-state index in [4.69, 9.17) is 14.2 Å². The van der Waals surface area contributed by atoms with Crippen molar-refractivity contribution in [1.29, 1.82) is 0 Å². The Morgan fingerprint density at radius 1 is 1.02 bits per heavy atom. The second-order valence-corrected chi connectivity index (χ2v) is 15.7. The molecule has 300 valence electrons. The smallest absolute Gasteiger partial charge is 0.308 e. The Hall–Kier alpha value is -3.88. The van der Waals surface area contributed by atoms with Gasteiger partial charge in [0.15, 0.2) is 6.10 Å². The summed E-state index contributed by atoms with van der Waals surface area (Å²) in [6.07, 6.45) is 3.55. The van der Waals surface area contributed by atoms with Crippen LogP contribution in [0.4, 0.5) is 0 Å². The zero-order chi connectivity index (χ0) is 39.9. The molecule has 7 atom stereocenters. The molecule has 0 bridgehead atoms. The van der Waals surface area contributed by atoms with Gasteiger partial charge in [0.25, 0.3) is 5.91 Å². The summed E-state index contributed by atoms with van der Waals surface area (Å²) in [5.74, 6) is -2.48. The van der Waals surface area contributed by atoms with Crippen molar-refractivity contribution in [1.82, 2.24) is 25.4 Å². The van der Waals surface area contributed by atoms with Crippen LogP contribution in [-0.4, -0.2) is 103 Å². The fourth-order valence-corrected chi connectivity index (χ4v) is 7.81. The second-order valence-electron chi connectivity index (χ2n) is 14.8. The van der Waals surface area contributed by atoms with Gasteiger partial charge in [-0.3, -0.25) is 28.9 Å². The number of thiazole rings is 1. The number of carbonyl (C=O) groups excluding carboxylic acids is 5. The first-order valence-electron chi connectivity index (χ1n) is 19.1. The van der Waals surface area contributed by atoms with Crippen LogP contribution in [0.2, 0.25) is 0 Å². The molecule has 1 aromatic carbocycles. The van der Waals surface area contributed by atoms with E-state index in [9.17, 15) is 24.0 Å². The molecule has 1 aliphatic rings. The number of ether oxygens (including phenoxy) is 3. The van der Waals surface area contributed by atoms with E-state index < -0.39 is 36.0 Å². The number of hydrogen-bond acceptors (Lipinski definition) is 11. The van der Waals surface area contributed by atoms with E-state index in [1.165, 1.54) is 32.5 Å². The van der Waals surface area contributed by atoms with Crippen LogP contribution in [0.15, 0.2) is 35.7 Å². The normalized spacial score (nSPS) is 18.1. The van der Waals surface area contributed by atoms with Crippen molar-refractivity contribution >= 4 is 41.0 Å². The maximum absolute atomic E-state index is 14.5. The summed E-state index contributed by atoms with van der Waals surface area (Å²) in [4.78, 5) is 74.7. The van der Waals surface area contributed by atoms with Crippen LogP contribution in [0.3, 0.4) is 0 Å². The Balaban J connectivity index is 1.87. The maximum atomic E-state index is 14.5. The summed E-state index contributed by atoms with van der Waals surface area (Å²) < 4.78 is 16.3. The number of nitrogens with one attached hydrogen (secondary N) is 2. The van der Waals surface area contributed by atoms with E-state index in [0.29, 0.717) is 24.3 Å². The molecule has 14 heteroatoms. The molecule has 1 fully saturated rings. The van der Waals surface area contributed by atoms with Crippen LogP contribution < -0.4 is 10.6 Å². The Morgan fingerprint density at radius 2 is 1.72 bits per heavy atom. The molecule has 2 aromatic rings. The van der Waals surface area contributed by atoms with E-state index in [1.54, 1.807) is 17.2 Å². The number of carbonyl (C=O) groups is 5. The lowest BCUT2D eigenvalue weighted by Gasteiger charge is -2.39. The molecule has 3 rings (SSSR count). The molecule has 13 nitrogen and oxygen atoms in total. The number of esters is 2. The van der Waals surface area contributed by atoms with Crippen LogP contribution in [-0.2, 0) is 39.8 Å². The predicted molar refractivity (Wildman–Crippen MR) is 207 cm³/mol. The lowest BCUT2D eigenvalue weighted by atomic mass is 9.92. The number of hydrogen-bond donors (Lipinski definition) is 2. The molecule has 0 radical (unpaired) electrons. The highest BCUT2D eigenvalue weighted by Gasteiger charge is 2.39. The minimum atomic E-state index is -0.874. The summed E-state index contributed by atoms with van der Waals surface area (Å²) in [5.41, 5.74) is 1.15. The number of benzene rings is 1. The minimum Gasteiger partial charge on any atom is -0.469 e. The third-order valence-corrected chi connectivity index (χ3v) is 11.2. The largest absolute Gasteiger partial charge is 0.469 e. The SMILES string of the molecule is CC[C@H](C)[C@H](NC(=O)[C@H]1CCCCN1C)C(=O)N(COC)[C@H](C[C@@H](OC(C)=O)c1nc(C(=O)N[C@@H](Cc2ccccc2)C[C@H](C)C(=O)OC)cs1)C(C)C. The van der Waals surface area contributed by atoms with Gasteiger partial charge in [0, 0.05) is 37.9 Å². The average Bonchev–Trinajstić information content (AvgIpc) is 3.65. The maximum Gasteiger partial charge on any atom is 0.308 e. The number of methoxy groups -OCH3 is 2. The van der Waals surface area contributed by atoms with Gasteiger partial charge in [0.05, 0.1) is 19.1 Å². The van der Waals surface area contributed by atoms with Crippen molar-refractivity contribution in [2.24, 2.45) is 17.8 Å². The first kappa shape index (κ1) is 44.5. The zero-order valence-electron chi connectivity index (χ0n) is 33.5. The summed E-state index contributed by atoms with van der Waals surface area (Å²) in [6, 6.07) is 7.71. The van der Waals surface area contributed by atoms with Gasteiger partial charge in [-0.15, -0.1) is 11.3 Å². The Bertz CT molecular complexity index is 1520. The summed E-state index contributed by atoms with van der Waals surface area (Å²) >= 11 is 1.19. The number of aromatic nitrogens is 1. The van der Waals surface area contributed by atoms with Gasteiger partial charge < -0.3 is 29.7 Å². The molecule has 2 heterocycles. The van der Waals surface area contributed by atoms with Crippen molar-refractivity contribution in [3.05, 3.63) is 52.0 Å². The lowest BCUT2D eigenvalue weighted by Crippen LogP contribution is -2.59. The molecule has 3 amide bonds. The fourth-order valence-electron chi connectivity index (χ4n) is 6.97. The molecule has 54 heavy (non-hydrogen) atoms. The highest BCUT2D eigenvalue weighted by Crippen LogP contribution is 2.32.